The number of carbonyl (C=O) groups excluding carboxylic acids is 2. The molecular formula is C20H23NO4. The van der Waals surface area contributed by atoms with Crippen LogP contribution >= 0.6 is 0 Å². The largest absolute Gasteiger partial charge is 0.490 e. The molecule has 0 aromatic heterocycles. The van der Waals surface area contributed by atoms with Gasteiger partial charge in [-0.15, -0.1) is 13.2 Å². The molecule has 0 N–H and O–H groups in total. The zero-order chi connectivity index (χ0) is 18.4. The molecular weight excluding hydrogens is 318 g/mol. The normalized spacial score (nSPS) is 18.4. The molecule has 0 saturated heterocycles. The van der Waals surface area contributed by atoms with E-state index in [0.717, 1.165) is 0 Å². The first-order chi connectivity index (χ1) is 12.1. The topological polar surface area (TPSA) is 55.8 Å². The van der Waals surface area contributed by atoms with Crippen LogP contribution in [-0.4, -0.2) is 37.0 Å². The van der Waals surface area contributed by atoms with Gasteiger partial charge in [-0.3, -0.25) is 4.79 Å². The van der Waals surface area contributed by atoms with Gasteiger partial charge in [0.15, 0.2) is 0 Å². The summed E-state index contributed by atoms with van der Waals surface area (Å²) in [6.45, 7) is 13.6. The van der Waals surface area contributed by atoms with Crippen molar-refractivity contribution in [3.63, 3.8) is 0 Å². The van der Waals surface area contributed by atoms with Gasteiger partial charge >= 0.3 is 5.97 Å². The molecule has 1 atom stereocenters. The molecule has 0 fully saturated rings. The Balaban J connectivity index is 2.57. The molecule has 1 aromatic carbocycles. The summed E-state index contributed by atoms with van der Waals surface area (Å²) >= 11 is 0. The van der Waals surface area contributed by atoms with Crippen molar-refractivity contribution in [2.45, 2.75) is 18.9 Å². The van der Waals surface area contributed by atoms with Gasteiger partial charge < -0.3 is 14.4 Å². The van der Waals surface area contributed by atoms with E-state index in [9.17, 15) is 9.59 Å². The third-order valence-corrected chi connectivity index (χ3v) is 4.07. The number of carbonyl (C=O) groups is 2. The van der Waals surface area contributed by atoms with Crippen LogP contribution in [0.3, 0.4) is 0 Å². The van der Waals surface area contributed by atoms with E-state index in [1.165, 1.54) is 0 Å². The van der Waals surface area contributed by atoms with Crippen LogP contribution in [0.4, 0.5) is 5.69 Å². The molecule has 0 aliphatic carbocycles. The lowest BCUT2D eigenvalue weighted by molar-refractivity contribution is -0.147. The summed E-state index contributed by atoms with van der Waals surface area (Å²) in [6, 6.07) is 5.20. The molecule has 25 heavy (non-hydrogen) atoms. The first-order valence-electron chi connectivity index (χ1n) is 8.16. The first-order valence-corrected chi connectivity index (χ1v) is 8.16. The van der Waals surface area contributed by atoms with E-state index in [1.807, 2.05) is 0 Å². The van der Waals surface area contributed by atoms with Crippen molar-refractivity contribution in [3.05, 3.63) is 61.7 Å². The highest BCUT2D eigenvalue weighted by molar-refractivity contribution is 6.25. The van der Waals surface area contributed by atoms with Gasteiger partial charge in [0.25, 0.3) is 0 Å². The Morgan fingerprint density at radius 1 is 1.24 bits per heavy atom. The van der Waals surface area contributed by atoms with E-state index in [4.69, 9.17) is 9.47 Å². The number of Topliss-reactive ketones (excluding diaryl/α,β-unsaturated/α-hetero) is 1. The molecule has 1 heterocycles. The third kappa shape index (κ3) is 3.09. The lowest BCUT2D eigenvalue weighted by Gasteiger charge is -2.35. The fraction of sp³-hybridized carbons (Fsp3) is 0.300. The van der Waals surface area contributed by atoms with Crippen molar-refractivity contribution in [1.82, 2.24) is 0 Å². The summed E-state index contributed by atoms with van der Waals surface area (Å²) in [5.41, 5.74) is -0.366. The summed E-state index contributed by atoms with van der Waals surface area (Å²) < 4.78 is 10.7. The van der Waals surface area contributed by atoms with E-state index in [-0.39, 0.29) is 18.8 Å². The van der Waals surface area contributed by atoms with Gasteiger partial charge in [-0.1, -0.05) is 24.8 Å². The Hall–Kier alpha value is -2.82. The van der Waals surface area contributed by atoms with Gasteiger partial charge in [-0.05, 0) is 25.1 Å². The molecule has 0 saturated carbocycles. The van der Waals surface area contributed by atoms with Crippen molar-refractivity contribution in [2.24, 2.45) is 0 Å². The molecule has 1 aromatic rings. The Morgan fingerprint density at radius 3 is 2.60 bits per heavy atom. The first kappa shape index (κ1) is 18.5. The standard InChI is InChI=1S/C20H23NO4/c1-5-11-20(19(23)24-8-4)18(22)16-14-15(25-13-7-3)9-10-17(16)21(20)12-6-2/h5-7,9-10,14H,1-3,8,11-13H2,4H3. The van der Waals surface area contributed by atoms with Crippen LogP contribution in [0.2, 0.25) is 0 Å². The predicted molar refractivity (Wildman–Crippen MR) is 98.2 cm³/mol. The number of ketones is 1. The van der Waals surface area contributed by atoms with E-state index < -0.39 is 11.5 Å². The van der Waals surface area contributed by atoms with Crippen molar-refractivity contribution in [2.75, 3.05) is 24.7 Å². The van der Waals surface area contributed by atoms with Crippen LogP contribution in [0.25, 0.3) is 0 Å². The van der Waals surface area contributed by atoms with Crippen LogP contribution < -0.4 is 9.64 Å². The molecule has 132 valence electrons. The molecule has 1 unspecified atom stereocenters. The number of hydrogen-bond donors (Lipinski definition) is 0. The number of anilines is 1. The number of ether oxygens (including phenoxy) is 2. The molecule has 1 aliphatic heterocycles. The van der Waals surface area contributed by atoms with Crippen molar-refractivity contribution in [1.29, 1.82) is 0 Å². The lowest BCUT2D eigenvalue weighted by Crippen LogP contribution is -2.57. The average Bonchev–Trinajstić information content (AvgIpc) is 2.84. The molecule has 0 radical (unpaired) electrons. The average molecular weight is 341 g/mol. The second kappa shape index (κ2) is 7.83. The Labute approximate surface area is 148 Å². The number of nitrogens with zero attached hydrogens (tertiary/aromatic N) is 1. The molecule has 5 heteroatoms. The maximum atomic E-state index is 13.2. The number of benzene rings is 1. The maximum Gasteiger partial charge on any atom is 0.340 e. The van der Waals surface area contributed by atoms with Crippen molar-refractivity contribution in [3.8, 4) is 5.75 Å². The van der Waals surface area contributed by atoms with E-state index >= 15 is 0 Å². The highest BCUT2D eigenvalue weighted by atomic mass is 16.5. The van der Waals surface area contributed by atoms with Gasteiger partial charge in [0, 0.05) is 24.2 Å². The highest BCUT2D eigenvalue weighted by Gasteiger charge is 2.57. The van der Waals surface area contributed by atoms with Crippen LogP contribution in [-0.2, 0) is 9.53 Å². The molecule has 0 amide bonds. The monoisotopic (exact) mass is 341 g/mol. The second-order valence-corrected chi connectivity index (χ2v) is 5.58. The Bertz CT molecular complexity index is 710. The maximum absolute atomic E-state index is 13.2. The van der Waals surface area contributed by atoms with Gasteiger partial charge in [0.2, 0.25) is 11.3 Å². The van der Waals surface area contributed by atoms with Gasteiger partial charge in [-0.2, -0.15) is 0 Å². The summed E-state index contributed by atoms with van der Waals surface area (Å²) in [6.07, 6.45) is 4.99. The van der Waals surface area contributed by atoms with Crippen molar-refractivity contribution < 1.29 is 19.1 Å². The molecule has 5 nitrogen and oxygen atoms in total. The summed E-state index contributed by atoms with van der Waals surface area (Å²) in [5.74, 6) is -0.345. The predicted octanol–water partition coefficient (Wildman–Crippen LogP) is 3.32. The minimum Gasteiger partial charge on any atom is -0.490 e. The Morgan fingerprint density at radius 2 is 2.00 bits per heavy atom. The SMILES string of the molecule is C=CCOc1ccc2c(c1)C(=O)C(CC=C)(C(=O)OCC)N2CC=C. The van der Waals surface area contributed by atoms with E-state index in [2.05, 4.69) is 19.7 Å². The number of esters is 1. The quantitative estimate of drug-likeness (QED) is 0.392. The van der Waals surface area contributed by atoms with Gasteiger partial charge in [-0.25, -0.2) is 4.79 Å². The number of rotatable bonds is 9. The van der Waals surface area contributed by atoms with Crippen LogP contribution in [0, 0.1) is 0 Å². The minimum absolute atomic E-state index is 0.149. The number of fused-ring (bicyclic) bond motifs is 1. The second-order valence-electron chi connectivity index (χ2n) is 5.58. The fourth-order valence-corrected chi connectivity index (χ4v) is 3.06. The minimum atomic E-state index is -1.45. The molecule has 1 aliphatic rings. The highest BCUT2D eigenvalue weighted by Crippen LogP contribution is 2.43. The van der Waals surface area contributed by atoms with Crippen LogP contribution in [0.5, 0.6) is 5.75 Å². The molecule has 0 spiro atoms. The zero-order valence-electron chi connectivity index (χ0n) is 14.5. The summed E-state index contributed by atoms with van der Waals surface area (Å²) in [7, 11) is 0. The number of hydrogen-bond acceptors (Lipinski definition) is 5. The third-order valence-electron chi connectivity index (χ3n) is 4.07. The van der Waals surface area contributed by atoms with Crippen LogP contribution in [0.15, 0.2) is 56.2 Å². The molecule has 0 bridgehead atoms. The van der Waals surface area contributed by atoms with E-state index in [1.54, 1.807) is 48.3 Å². The lowest BCUT2D eigenvalue weighted by atomic mass is 9.88. The van der Waals surface area contributed by atoms with Crippen LogP contribution in [0.1, 0.15) is 23.7 Å². The fourth-order valence-electron chi connectivity index (χ4n) is 3.06. The van der Waals surface area contributed by atoms with Gasteiger partial charge in [0.1, 0.15) is 12.4 Å². The summed E-state index contributed by atoms with van der Waals surface area (Å²) in [5, 5.41) is 0. The summed E-state index contributed by atoms with van der Waals surface area (Å²) in [4.78, 5) is 27.7. The Kier molecular flexibility index (Phi) is 5.80. The molecule has 2 rings (SSSR count). The van der Waals surface area contributed by atoms with Gasteiger partial charge in [0.05, 0.1) is 6.61 Å². The van der Waals surface area contributed by atoms with E-state index in [0.29, 0.717) is 30.2 Å². The zero-order valence-corrected chi connectivity index (χ0v) is 14.5. The smallest absolute Gasteiger partial charge is 0.340 e. The van der Waals surface area contributed by atoms with Crippen molar-refractivity contribution >= 4 is 17.4 Å².